The van der Waals surface area contributed by atoms with Crippen LogP contribution in [0.5, 0.6) is 0 Å². The predicted molar refractivity (Wildman–Crippen MR) is 269 cm³/mol. The normalized spacial score (nSPS) is 12.9. The Hall–Kier alpha value is -1.92. The van der Waals surface area contributed by atoms with Crippen molar-refractivity contribution in [2.24, 2.45) is 0 Å². The molecule has 0 radical (unpaired) electrons. The molecular weight excluding hydrogens is 767 g/mol. The van der Waals surface area contributed by atoms with Crippen molar-refractivity contribution >= 4 is 11.9 Å². The van der Waals surface area contributed by atoms with Crippen LogP contribution >= 0.6 is 0 Å². The molecule has 0 saturated heterocycles. The number of esters is 1. The van der Waals surface area contributed by atoms with Crippen LogP contribution in [0.3, 0.4) is 0 Å². The van der Waals surface area contributed by atoms with Gasteiger partial charge in [-0.05, 0) is 83.5 Å². The lowest BCUT2D eigenvalue weighted by atomic mass is 10.0. The molecule has 0 bridgehead atoms. The second-order valence-electron chi connectivity index (χ2n) is 18.6. The van der Waals surface area contributed by atoms with Crippen LogP contribution in [0.2, 0.25) is 0 Å². The van der Waals surface area contributed by atoms with Crippen molar-refractivity contribution in [3.05, 3.63) is 36.5 Å². The molecule has 0 rings (SSSR count). The average Bonchev–Trinajstić information content (AvgIpc) is 3.27. The van der Waals surface area contributed by atoms with Gasteiger partial charge < -0.3 is 20.3 Å². The van der Waals surface area contributed by atoms with E-state index in [4.69, 9.17) is 4.74 Å². The zero-order chi connectivity index (χ0) is 45.1. The van der Waals surface area contributed by atoms with Crippen molar-refractivity contribution in [2.45, 2.75) is 296 Å². The van der Waals surface area contributed by atoms with Gasteiger partial charge in [0.1, 0.15) is 0 Å². The van der Waals surface area contributed by atoms with Gasteiger partial charge in [-0.2, -0.15) is 0 Å². The van der Waals surface area contributed by atoms with Gasteiger partial charge in [-0.25, -0.2) is 0 Å². The molecule has 0 aliphatic rings. The first kappa shape index (κ1) is 60.1. The van der Waals surface area contributed by atoms with E-state index in [0.717, 1.165) is 77.0 Å². The van der Waals surface area contributed by atoms with Crippen molar-refractivity contribution in [1.82, 2.24) is 5.32 Å². The van der Waals surface area contributed by atoms with Gasteiger partial charge in [-0.3, -0.25) is 9.59 Å². The molecule has 2 atom stereocenters. The summed E-state index contributed by atoms with van der Waals surface area (Å²) in [6.07, 6.45) is 62.6. The Morgan fingerprint density at radius 3 is 1.24 bits per heavy atom. The Morgan fingerprint density at radius 2 is 0.806 bits per heavy atom. The Morgan fingerprint density at radius 1 is 0.452 bits per heavy atom. The minimum atomic E-state index is -0.678. The van der Waals surface area contributed by atoms with E-state index in [9.17, 15) is 19.8 Å². The summed E-state index contributed by atoms with van der Waals surface area (Å²) in [5.41, 5.74) is 0. The summed E-state index contributed by atoms with van der Waals surface area (Å²) >= 11 is 0. The lowest BCUT2D eigenvalue weighted by molar-refractivity contribution is -0.143. The molecule has 6 nitrogen and oxygen atoms in total. The molecule has 0 aromatic heterocycles. The Labute approximate surface area is 385 Å². The highest BCUT2D eigenvalue weighted by molar-refractivity contribution is 5.76. The molecule has 0 aromatic rings. The highest BCUT2D eigenvalue weighted by atomic mass is 16.5. The molecule has 0 saturated carbocycles. The number of aliphatic hydroxyl groups is 2. The molecule has 0 fully saturated rings. The number of carbonyl (C=O) groups is 2. The number of amides is 1. The summed E-state index contributed by atoms with van der Waals surface area (Å²) in [5.74, 6) is -0.0872. The van der Waals surface area contributed by atoms with Crippen LogP contribution in [0.25, 0.3) is 0 Å². The van der Waals surface area contributed by atoms with E-state index in [1.165, 1.54) is 173 Å². The standard InChI is InChI=1S/C56H105NO5/c1-3-5-7-9-11-13-15-17-19-22-26-30-34-38-42-46-50-56(61)62-51-47-43-39-35-31-27-23-20-21-25-29-33-37-41-45-49-55(60)57-53(52-58)54(59)48-44-40-36-32-28-24-18-16-14-12-10-8-6-4-2/h19-20,22-23,27,31,53-54,58-59H,3-18,21,24-26,28-30,32-52H2,1-2H3,(H,57,60)/b22-19-,23-20-,31-27-. The monoisotopic (exact) mass is 872 g/mol. The number of carbonyl (C=O) groups excluding carboxylic acids is 2. The molecule has 364 valence electrons. The predicted octanol–water partition coefficient (Wildman–Crippen LogP) is 16.5. The zero-order valence-corrected chi connectivity index (χ0v) is 41.4. The summed E-state index contributed by atoms with van der Waals surface area (Å²) in [6.45, 7) is 4.89. The summed E-state index contributed by atoms with van der Waals surface area (Å²) in [4.78, 5) is 24.5. The molecule has 0 spiro atoms. The van der Waals surface area contributed by atoms with Gasteiger partial charge in [0.05, 0.1) is 25.4 Å². The van der Waals surface area contributed by atoms with E-state index in [2.05, 4.69) is 55.6 Å². The minimum Gasteiger partial charge on any atom is -0.466 e. The fourth-order valence-electron chi connectivity index (χ4n) is 8.21. The lowest BCUT2D eigenvalue weighted by Gasteiger charge is -2.22. The van der Waals surface area contributed by atoms with Gasteiger partial charge in [0, 0.05) is 12.8 Å². The fraction of sp³-hybridized carbons (Fsp3) is 0.857. The van der Waals surface area contributed by atoms with E-state index in [0.29, 0.717) is 25.9 Å². The molecule has 0 aliphatic heterocycles. The number of aliphatic hydroxyl groups excluding tert-OH is 2. The van der Waals surface area contributed by atoms with Crippen molar-refractivity contribution in [3.63, 3.8) is 0 Å². The van der Waals surface area contributed by atoms with E-state index < -0.39 is 12.1 Å². The first-order valence-electron chi connectivity index (χ1n) is 27.3. The third-order valence-electron chi connectivity index (χ3n) is 12.4. The maximum atomic E-state index is 12.4. The average molecular weight is 872 g/mol. The SMILES string of the molecule is CCCCCCCCC/C=C\CCCCCCCC(=O)OCCCCC/C=C\C=C/CCCCCCCCC(=O)NC(CO)C(O)CCCCCCCCCCCCCCCC. The molecule has 0 aliphatic carbocycles. The number of rotatable bonds is 50. The zero-order valence-electron chi connectivity index (χ0n) is 41.4. The van der Waals surface area contributed by atoms with Crippen LogP contribution in [0.15, 0.2) is 36.5 Å². The van der Waals surface area contributed by atoms with Crippen LogP contribution in [0, 0.1) is 0 Å². The summed E-state index contributed by atoms with van der Waals surface area (Å²) < 4.78 is 5.44. The van der Waals surface area contributed by atoms with Crippen molar-refractivity contribution in [2.75, 3.05) is 13.2 Å². The molecule has 3 N–H and O–H groups in total. The number of unbranched alkanes of at least 4 members (excludes halogenated alkanes) is 34. The number of hydrogen-bond donors (Lipinski definition) is 3. The topological polar surface area (TPSA) is 95.9 Å². The second-order valence-corrected chi connectivity index (χ2v) is 18.6. The third-order valence-corrected chi connectivity index (χ3v) is 12.4. The van der Waals surface area contributed by atoms with Crippen LogP contribution in [-0.4, -0.2) is 47.4 Å². The number of nitrogens with one attached hydrogen (secondary N) is 1. The summed E-state index contributed by atoms with van der Waals surface area (Å²) in [7, 11) is 0. The smallest absolute Gasteiger partial charge is 0.305 e. The largest absolute Gasteiger partial charge is 0.466 e. The van der Waals surface area contributed by atoms with Gasteiger partial charge in [0.2, 0.25) is 5.91 Å². The number of hydrogen-bond acceptors (Lipinski definition) is 5. The fourth-order valence-corrected chi connectivity index (χ4v) is 8.21. The summed E-state index contributed by atoms with van der Waals surface area (Å²) in [5, 5.41) is 23.2. The number of ether oxygens (including phenoxy) is 1. The van der Waals surface area contributed by atoms with E-state index in [1.54, 1.807) is 0 Å². The molecule has 0 heterocycles. The first-order valence-corrected chi connectivity index (χ1v) is 27.3. The molecule has 62 heavy (non-hydrogen) atoms. The lowest BCUT2D eigenvalue weighted by Crippen LogP contribution is -2.45. The van der Waals surface area contributed by atoms with Crippen molar-refractivity contribution in [1.29, 1.82) is 0 Å². The molecule has 6 heteroatoms. The molecule has 2 unspecified atom stereocenters. The van der Waals surface area contributed by atoms with Crippen LogP contribution < -0.4 is 5.32 Å². The van der Waals surface area contributed by atoms with Crippen molar-refractivity contribution in [3.8, 4) is 0 Å². The van der Waals surface area contributed by atoms with E-state index in [-0.39, 0.29) is 18.5 Å². The van der Waals surface area contributed by atoms with Gasteiger partial charge in [0.15, 0.2) is 0 Å². The quantitative estimate of drug-likeness (QED) is 0.0245. The van der Waals surface area contributed by atoms with Gasteiger partial charge in [-0.1, -0.05) is 224 Å². The second kappa shape index (κ2) is 51.7. The Balaban J connectivity index is 3.52. The van der Waals surface area contributed by atoms with Crippen molar-refractivity contribution < 1.29 is 24.5 Å². The van der Waals surface area contributed by atoms with E-state index >= 15 is 0 Å². The Kier molecular flexibility index (Phi) is 50.1. The maximum absolute atomic E-state index is 12.4. The maximum Gasteiger partial charge on any atom is 0.305 e. The number of allylic oxidation sites excluding steroid dienone is 6. The summed E-state index contributed by atoms with van der Waals surface area (Å²) in [6, 6.07) is -0.558. The highest BCUT2D eigenvalue weighted by Gasteiger charge is 2.20. The van der Waals surface area contributed by atoms with E-state index in [1.807, 2.05) is 0 Å². The third kappa shape index (κ3) is 47.6. The molecule has 0 aromatic carbocycles. The first-order chi connectivity index (χ1) is 30.5. The van der Waals surface area contributed by atoms with Gasteiger partial charge in [-0.15, -0.1) is 0 Å². The van der Waals surface area contributed by atoms with Gasteiger partial charge in [0.25, 0.3) is 0 Å². The molecular formula is C56H105NO5. The van der Waals surface area contributed by atoms with Crippen LogP contribution in [-0.2, 0) is 14.3 Å². The Bertz CT molecular complexity index is 1010. The van der Waals surface area contributed by atoms with Gasteiger partial charge >= 0.3 is 5.97 Å². The molecule has 1 amide bonds. The highest BCUT2D eigenvalue weighted by Crippen LogP contribution is 2.16. The van der Waals surface area contributed by atoms with Crippen LogP contribution in [0.4, 0.5) is 0 Å². The minimum absolute atomic E-state index is 0.0293. The van der Waals surface area contributed by atoms with Crippen LogP contribution in [0.1, 0.15) is 284 Å².